The molecule has 1 saturated heterocycles. The third kappa shape index (κ3) is 6.48. The van der Waals surface area contributed by atoms with Gasteiger partial charge in [-0.15, -0.1) is 0 Å². The number of halogens is 3. The van der Waals surface area contributed by atoms with Gasteiger partial charge in [-0.2, -0.15) is 13.2 Å². The van der Waals surface area contributed by atoms with Crippen molar-refractivity contribution in [3.05, 3.63) is 59.7 Å². The van der Waals surface area contributed by atoms with Crippen molar-refractivity contribution in [3.63, 3.8) is 0 Å². The molecule has 0 aromatic heterocycles. The van der Waals surface area contributed by atoms with Crippen LogP contribution in [0.3, 0.4) is 0 Å². The zero-order valence-electron chi connectivity index (χ0n) is 20.1. The third-order valence-corrected chi connectivity index (χ3v) is 8.18. The van der Waals surface area contributed by atoms with E-state index in [4.69, 9.17) is 4.74 Å². The SMILES string of the molecule is CCN(C(=O)C1CCS(=O)(=O)CC1)C(CN(C)c1ccc(OC)c(C(F)(F)F)c1)c1ccccc1. The van der Waals surface area contributed by atoms with Crippen molar-refractivity contribution >= 4 is 21.4 Å². The van der Waals surface area contributed by atoms with Gasteiger partial charge in [0.2, 0.25) is 5.91 Å². The van der Waals surface area contributed by atoms with E-state index in [0.29, 0.717) is 12.2 Å². The smallest absolute Gasteiger partial charge is 0.420 e. The van der Waals surface area contributed by atoms with Crippen molar-refractivity contribution < 1.29 is 31.1 Å². The van der Waals surface area contributed by atoms with E-state index in [2.05, 4.69) is 0 Å². The normalized spacial score (nSPS) is 17.0. The summed E-state index contributed by atoms with van der Waals surface area (Å²) in [7, 11) is -0.233. The summed E-state index contributed by atoms with van der Waals surface area (Å²) in [6.07, 6.45) is -4.02. The molecule has 3 rings (SSSR count). The van der Waals surface area contributed by atoms with E-state index < -0.39 is 33.5 Å². The first-order valence-electron chi connectivity index (χ1n) is 11.5. The van der Waals surface area contributed by atoms with Gasteiger partial charge >= 0.3 is 6.18 Å². The molecule has 0 saturated carbocycles. The number of nitrogens with zero attached hydrogens (tertiary/aromatic N) is 2. The van der Waals surface area contributed by atoms with Gasteiger partial charge in [0.05, 0.1) is 30.2 Å². The third-order valence-electron chi connectivity index (χ3n) is 6.46. The van der Waals surface area contributed by atoms with Crippen molar-refractivity contribution in [1.82, 2.24) is 4.90 Å². The second-order valence-electron chi connectivity index (χ2n) is 8.74. The van der Waals surface area contributed by atoms with Crippen molar-refractivity contribution in [3.8, 4) is 5.75 Å². The Labute approximate surface area is 204 Å². The number of alkyl halides is 3. The summed E-state index contributed by atoms with van der Waals surface area (Å²) >= 11 is 0. The molecule has 0 radical (unpaired) electrons. The van der Waals surface area contributed by atoms with Gasteiger partial charge in [-0.3, -0.25) is 4.79 Å². The maximum atomic E-state index is 13.6. The number of rotatable bonds is 8. The van der Waals surface area contributed by atoms with Crippen LogP contribution < -0.4 is 9.64 Å². The standard InChI is InChI=1S/C25H31F3N2O4S/c1-4-30(24(31)19-12-14-35(32,33)15-13-19)22(18-8-6-5-7-9-18)17-29(2)20-10-11-23(34-3)21(16-20)25(26,27)28/h5-11,16,19,22H,4,12-15,17H2,1-3H3. The largest absolute Gasteiger partial charge is 0.496 e. The number of likely N-dealkylation sites (N-methyl/N-ethyl adjacent to an activating group) is 2. The molecule has 10 heteroatoms. The molecule has 1 aliphatic rings. The molecule has 2 aromatic carbocycles. The maximum absolute atomic E-state index is 13.6. The van der Waals surface area contributed by atoms with Crippen molar-refractivity contribution in [1.29, 1.82) is 0 Å². The van der Waals surface area contributed by atoms with Crippen molar-refractivity contribution in [2.75, 3.05) is 43.7 Å². The molecule has 0 aliphatic carbocycles. The fourth-order valence-electron chi connectivity index (χ4n) is 4.48. The van der Waals surface area contributed by atoms with E-state index in [-0.39, 0.29) is 42.5 Å². The van der Waals surface area contributed by atoms with E-state index in [1.54, 1.807) is 22.9 Å². The summed E-state index contributed by atoms with van der Waals surface area (Å²) in [6.45, 7) is 2.48. The highest BCUT2D eigenvalue weighted by Crippen LogP contribution is 2.39. The summed E-state index contributed by atoms with van der Waals surface area (Å²) in [6, 6.07) is 12.8. The minimum atomic E-state index is -4.58. The number of carbonyl (C=O) groups excluding carboxylic acids is 1. The van der Waals surface area contributed by atoms with Crippen LogP contribution in [-0.4, -0.2) is 58.0 Å². The Morgan fingerprint density at radius 2 is 1.74 bits per heavy atom. The van der Waals surface area contributed by atoms with E-state index in [1.807, 2.05) is 37.3 Å². The van der Waals surface area contributed by atoms with Crippen molar-refractivity contribution in [2.24, 2.45) is 5.92 Å². The molecular weight excluding hydrogens is 481 g/mol. The molecule has 0 N–H and O–H groups in total. The Balaban J connectivity index is 1.91. The predicted octanol–water partition coefficient (Wildman–Crippen LogP) is 4.56. The van der Waals surface area contributed by atoms with Gasteiger partial charge in [-0.25, -0.2) is 8.42 Å². The molecule has 1 heterocycles. The van der Waals surface area contributed by atoms with Gasteiger partial charge in [0, 0.05) is 31.7 Å². The molecule has 0 bridgehead atoms. The molecule has 35 heavy (non-hydrogen) atoms. The average molecular weight is 513 g/mol. The number of anilines is 1. The van der Waals surface area contributed by atoms with Crippen LogP contribution in [0, 0.1) is 5.92 Å². The van der Waals surface area contributed by atoms with Gasteiger partial charge in [-0.1, -0.05) is 30.3 Å². The maximum Gasteiger partial charge on any atom is 0.420 e. The molecule has 1 atom stereocenters. The highest BCUT2D eigenvalue weighted by Gasteiger charge is 2.36. The topological polar surface area (TPSA) is 66.9 Å². The van der Waals surface area contributed by atoms with E-state index in [1.165, 1.54) is 13.2 Å². The number of sulfone groups is 1. The van der Waals surface area contributed by atoms with Gasteiger partial charge < -0.3 is 14.5 Å². The Hall–Kier alpha value is -2.75. The van der Waals surface area contributed by atoms with Crippen molar-refractivity contribution in [2.45, 2.75) is 32.0 Å². The monoisotopic (exact) mass is 512 g/mol. The van der Waals surface area contributed by atoms with Gasteiger partial charge in [0.1, 0.15) is 15.6 Å². The summed E-state index contributed by atoms with van der Waals surface area (Å²) in [5.41, 5.74) is 0.321. The first kappa shape index (κ1) is 26.8. The quantitative estimate of drug-likeness (QED) is 0.519. The highest BCUT2D eigenvalue weighted by atomic mass is 32.2. The summed E-state index contributed by atoms with van der Waals surface area (Å²) < 4.78 is 69.3. The number of methoxy groups -OCH3 is 1. The minimum absolute atomic E-state index is 0.0110. The molecule has 1 fully saturated rings. The van der Waals surface area contributed by atoms with Crippen LogP contribution in [0.5, 0.6) is 5.75 Å². The number of benzene rings is 2. The molecule has 2 aromatic rings. The molecular formula is C25H31F3N2O4S. The van der Waals surface area contributed by atoms with Crippen LogP contribution in [0.2, 0.25) is 0 Å². The first-order valence-corrected chi connectivity index (χ1v) is 13.3. The van der Waals surface area contributed by atoms with E-state index in [0.717, 1.165) is 11.6 Å². The van der Waals surface area contributed by atoms with Crippen LogP contribution in [0.1, 0.15) is 36.9 Å². The lowest BCUT2D eigenvalue weighted by Gasteiger charge is -2.37. The fraction of sp³-hybridized carbons (Fsp3) is 0.480. The number of hydrogen-bond acceptors (Lipinski definition) is 5. The Morgan fingerprint density at radius 1 is 1.11 bits per heavy atom. The number of ether oxygens (including phenoxy) is 1. The summed E-state index contributed by atoms with van der Waals surface area (Å²) in [5, 5.41) is 0. The Morgan fingerprint density at radius 3 is 2.29 bits per heavy atom. The molecule has 1 aliphatic heterocycles. The second kappa shape index (κ2) is 10.9. The van der Waals surface area contributed by atoms with Crippen LogP contribution in [0.4, 0.5) is 18.9 Å². The highest BCUT2D eigenvalue weighted by molar-refractivity contribution is 7.91. The second-order valence-corrected chi connectivity index (χ2v) is 11.0. The number of hydrogen-bond donors (Lipinski definition) is 0. The zero-order chi connectivity index (χ0) is 25.8. The van der Waals surface area contributed by atoms with Crippen LogP contribution >= 0.6 is 0 Å². The van der Waals surface area contributed by atoms with E-state index >= 15 is 0 Å². The lowest BCUT2D eigenvalue weighted by molar-refractivity contribution is -0.139. The number of carbonyl (C=O) groups is 1. The lowest BCUT2D eigenvalue weighted by Crippen LogP contribution is -2.45. The zero-order valence-corrected chi connectivity index (χ0v) is 20.9. The molecule has 1 unspecified atom stereocenters. The molecule has 1 amide bonds. The molecule has 192 valence electrons. The van der Waals surface area contributed by atoms with E-state index in [9.17, 15) is 26.4 Å². The van der Waals surface area contributed by atoms with Gasteiger partial charge in [0.15, 0.2) is 0 Å². The van der Waals surface area contributed by atoms with Gasteiger partial charge in [-0.05, 0) is 43.5 Å². The minimum Gasteiger partial charge on any atom is -0.496 e. The molecule has 6 nitrogen and oxygen atoms in total. The first-order chi connectivity index (χ1) is 16.5. The fourth-order valence-corrected chi connectivity index (χ4v) is 5.97. The molecule has 0 spiro atoms. The van der Waals surface area contributed by atoms with Gasteiger partial charge in [0.25, 0.3) is 0 Å². The predicted molar refractivity (Wildman–Crippen MR) is 129 cm³/mol. The Kier molecular flexibility index (Phi) is 8.35. The van der Waals surface area contributed by atoms with Crippen LogP contribution in [0.15, 0.2) is 48.5 Å². The Bertz CT molecular complexity index is 1110. The summed E-state index contributed by atoms with van der Waals surface area (Å²) in [5.74, 6) is -0.804. The lowest BCUT2D eigenvalue weighted by atomic mass is 9.97. The number of amides is 1. The van der Waals surface area contributed by atoms with Crippen LogP contribution in [-0.2, 0) is 20.8 Å². The summed E-state index contributed by atoms with van der Waals surface area (Å²) in [4.78, 5) is 16.9. The van der Waals surface area contributed by atoms with Crippen LogP contribution in [0.25, 0.3) is 0 Å². The average Bonchev–Trinajstić information content (AvgIpc) is 2.83.